The number of nitrogens with zero attached hydrogens (tertiary/aromatic N) is 4. The van der Waals surface area contributed by atoms with E-state index in [1.807, 2.05) is 42.6 Å². The zero-order chi connectivity index (χ0) is 28.8. The Kier molecular flexibility index (Phi) is 9.19. The minimum absolute atomic E-state index is 0.0759. The molecule has 1 N–H and O–H groups in total. The van der Waals surface area contributed by atoms with Gasteiger partial charge in [-0.05, 0) is 81.8 Å². The molecule has 41 heavy (non-hydrogen) atoms. The molecule has 0 radical (unpaired) electrons. The maximum atomic E-state index is 12.7. The molecule has 0 bridgehead atoms. The molecule has 1 aliphatic heterocycles. The fraction of sp³-hybridized carbons (Fsp3) is 0.424. The van der Waals surface area contributed by atoms with Crippen LogP contribution in [0, 0.1) is 19.8 Å². The van der Waals surface area contributed by atoms with Gasteiger partial charge in [0.15, 0.2) is 5.65 Å². The topological polar surface area (TPSA) is 81.0 Å². The highest BCUT2D eigenvalue weighted by Gasteiger charge is 2.20. The van der Waals surface area contributed by atoms with Gasteiger partial charge in [-0.3, -0.25) is 4.79 Å². The maximum Gasteiger partial charge on any atom is 0.220 e. The monoisotopic (exact) mass is 555 g/mol. The number of benzene rings is 2. The lowest BCUT2D eigenvalue weighted by molar-refractivity contribution is -0.121. The Morgan fingerprint density at radius 3 is 2.54 bits per heavy atom. The van der Waals surface area contributed by atoms with Crippen molar-refractivity contribution in [3.63, 3.8) is 0 Å². The van der Waals surface area contributed by atoms with Gasteiger partial charge >= 0.3 is 0 Å². The zero-order valence-corrected chi connectivity index (χ0v) is 24.7. The van der Waals surface area contributed by atoms with E-state index in [2.05, 4.69) is 40.5 Å². The number of carbonyl (C=O) groups is 1. The quantitative estimate of drug-likeness (QED) is 0.280. The van der Waals surface area contributed by atoms with Gasteiger partial charge < -0.3 is 19.7 Å². The lowest BCUT2D eigenvalue weighted by Gasteiger charge is -2.32. The van der Waals surface area contributed by atoms with Crippen LogP contribution in [-0.2, 0) is 17.6 Å². The summed E-state index contributed by atoms with van der Waals surface area (Å²) in [4.78, 5) is 20.0. The predicted molar refractivity (Wildman–Crippen MR) is 162 cm³/mol. The predicted octanol–water partition coefficient (Wildman–Crippen LogP) is 5.03. The van der Waals surface area contributed by atoms with Crippen LogP contribution in [-0.4, -0.2) is 65.8 Å². The average Bonchev–Trinajstić information content (AvgIpc) is 3.42. The van der Waals surface area contributed by atoms with Crippen molar-refractivity contribution in [2.75, 3.05) is 40.4 Å². The molecular weight excluding hydrogens is 514 g/mol. The van der Waals surface area contributed by atoms with Gasteiger partial charge in [-0.2, -0.15) is 5.10 Å². The Balaban J connectivity index is 1.12. The number of carbonyl (C=O) groups excluding carboxylic acids is 1. The van der Waals surface area contributed by atoms with E-state index in [1.165, 1.54) is 24.8 Å². The van der Waals surface area contributed by atoms with Crippen LogP contribution in [0.2, 0.25) is 0 Å². The standard InChI is InChI=1S/C33H41N5O3/c1-23-28(24(2)38-32(35-23)22-30(36-38)29-11-10-27(40-3)21-31(29)41-4)12-13-33(39)34-16-19-37-17-14-26(15-18-37)20-25-8-6-5-7-9-25/h5-11,21-22,26H,12-20H2,1-4H3,(H,34,39). The zero-order valence-electron chi connectivity index (χ0n) is 24.7. The smallest absolute Gasteiger partial charge is 0.220 e. The molecule has 0 saturated carbocycles. The van der Waals surface area contributed by atoms with Gasteiger partial charge in [-0.1, -0.05) is 30.3 Å². The van der Waals surface area contributed by atoms with Crippen LogP contribution in [0.5, 0.6) is 11.5 Å². The lowest BCUT2D eigenvalue weighted by Crippen LogP contribution is -2.40. The molecule has 3 heterocycles. The highest BCUT2D eigenvalue weighted by Crippen LogP contribution is 2.33. The Morgan fingerprint density at radius 2 is 1.80 bits per heavy atom. The Labute approximate surface area is 242 Å². The van der Waals surface area contributed by atoms with Crippen molar-refractivity contribution in [2.45, 2.75) is 46.0 Å². The second-order valence-electron chi connectivity index (χ2n) is 11.0. The van der Waals surface area contributed by atoms with E-state index in [-0.39, 0.29) is 5.91 Å². The number of piperidine rings is 1. The third kappa shape index (κ3) is 6.88. The minimum atomic E-state index is 0.0759. The SMILES string of the molecule is COc1ccc(-c2cc3nc(C)c(CCC(=O)NCCN4CCC(Cc5ccccc5)CC4)c(C)n3n2)c(OC)c1. The summed E-state index contributed by atoms with van der Waals surface area (Å²) in [7, 11) is 3.27. The third-order valence-corrected chi connectivity index (χ3v) is 8.28. The van der Waals surface area contributed by atoms with E-state index in [1.54, 1.807) is 14.2 Å². The summed E-state index contributed by atoms with van der Waals surface area (Å²) in [6, 6.07) is 18.4. The van der Waals surface area contributed by atoms with E-state index >= 15 is 0 Å². The molecule has 1 amide bonds. The summed E-state index contributed by atoms with van der Waals surface area (Å²) in [6.45, 7) is 7.84. The van der Waals surface area contributed by atoms with Gasteiger partial charge in [0.25, 0.3) is 0 Å². The summed E-state index contributed by atoms with van der Waals surface area (Å²) in [5.74, 6) is 2.25. The first-order valence-corrected chi connectivity index (χ1v) is 14.6. The van der Waals surface area contributed by atoms with Gasteiger partial charge in [0, 0.05) is 48.6 Å². The molecule has 0 aliphatic carbocycles. The van der Waals surface area contributed by atoms with Crippen molar-refractivity contribution >= 4 is 11.6 Å². The molecule has 2 aromatic heterocycles. The molecule has 1 saturated heterocycles. The van der Waals surface area contributed by atoms with E-state index in [0.29, 0.717) is 25.1 Å². The third-order valence-electron chi connectivity index (χ3n) is 8.28. The summed E-state index contributed by atoms with van der Waals surface area (Å²) < 4.78 is 12.8. The van der Waals surface area contributed by atoms with Crippen molar-refractivity contribution in [3.05, 3.63) is 77.1 Å². The molecule has 2 aromatic carbocycles. The van der Waals surface area contributed by atoms with Crippen LogP contribution in [0.1, 0.15) is 41.8 Å². The number of hydrogen-bond donors (Lipinski definition) is 1. The van der Waals surface area contributed by atoms with Crippen LogP contribution in [0.15, 0.2) is 54.6 Å². The second-order valence-corrected chi connectivity index (χ2v) is 11.0. The number of ether oxygens (including phenoxy) is 2. The number of aromatic nitrogens is 3. The average molecular weight is 556 g/mol. The fourth-order valence-electron chi connectivity index (χ4n) is 5.87. The van der Waals surface area contributed by atoms with Gasteiger partial charge in [0.2, 0.25) is 5.91 Å². The van der Waals surface area contributed by atoms with Crippen molar-refractivity contribution in [2.24, 2.45) is 5.92 Å². The highest BCUT2D eigenvalue weighted by atomic mass is 16.5. The summed E-state index contributed by atoms with van der Waals surface area (Å²) >= 11 is 0. The van der Waals surface area contributed by atoms with Crippen molar-refractivity contribution in [1.82, 2.24) is 24.8 Å². The number of amides is 1. The summed E-state index contributed by atoms with van der Waals surface area (Å²) in [5, 5.41) is 7.96. The molecule has 5 rings (SSSR count). The van der Waals surface area contributed by atoms with E-state index < -0.39 is 0 Å². The van der Waals surface area contributed by atoms with Crippen molar-refractivity contribution < 1.29 is 14.3 Å². The first-order chi connectivity index (χ1) is 19.9. The number of methoxy groups -OCH3 is 2. The molecule has 8 nitrogen and oxygen atoms in total. The van der Waals surface area contributed by atoms with Gasteiger partial charge in [0.05, 0.1) is 19.9 Å². The van der Waals surface area contributed by atoms with Gasteiger partial charge in [-0.15, -0.1) is 0 Å². The number of rotatable bonds is 11. The molecule has 4 aromatic rings. The maximum absolute atomic E-state index is 12.7. The number of aryl methyl sites for hydroxylation is 2. The van der Waals surface area contributed by atoms with Crippen LogP contribution in [0.3, 0.4) is 0 Å². The molecule has 0 unspecified atom stereocenters. The van der Waals surface area contributed by atoms with E-state index in [9.17, 15) is 4.79 Å². The van der Waals surface area contributed by atoms with Crippen molar-refractivity contribution in [3.8, 4) is 22.8 Å². The van der Waals surface area contributed by atoms with E-state index in [0.717, 1.165) is 65.2 Å². The van der Waals surface area contributed by atoms with Crippen LogP contribution >= 0.6 is 0 Å². The number of nitrogens with one attached hydrogen (secondary N) is 1. The van der Waals surface area contributed by atoms with Gasteiger partial charge in [0.1, 0.15) is 11.5 Å². The first kappa shape index (κ1) is 28.6. The van der Waals surface area contributed by atoms with Gasteiger partial charge in [-0.25, -0.2) is 9.50 Å². The Morgan fingerprint density at radius 1 is 1.02 bits per heavy atom. The van der Waals surface area contributed by atoms with E-state index in [4.69, 9.17) is 19.6 Å². The van der Waals surface area contributed by atoms with Crippen LogP contribution < -0.4 is 14.8 Å². The Bertz CT molecular complexity index is 1480. The highest BCUT2D eigenvalue weighted by molar-refractivity contribution is 5.76. The minimum Gasteiger partial charge on any atom is -0.497 e. The molecule has 216 valence electrons. The molecule has 0 spiro atoms. The second kappa shape index (κ2) is 13.2. The molecule has 1 fully saturated rings. The normalized spacial score (nSPS) is 14.3. The van der Waals surface area contributed by atoms with Crippen molar-refractivity contribution in [1.29, 1.82) is 0 Å². The Hall–Kier alpha value is -3.91. The first-order valence-electron chi connectivity index (χ1n) is 14.6. The molecule has 8 heteroatoms. The molecular formula is C33H41N5O3. The molecule has 1 aliphatic rings. The summed E-state index contributed by atoms with van der Waals surface area (Å²) in [6.07, 6.45) is 4.65. The summed E-state index contributed by atoms with van der Waals surface area (Å²) in [5.41, 5.74) is 6.84. The fourth-order valence-corrected chi connectivity index (χ4v) is 5.87. The number of fused-ring (bicyclic) bond motifs is 1. The molecule has 0 atom stereocenters. The van der Waals surface area contributed by atoms with Crippen LogP contribution in [0.25, 0.3) is 16.9 Å². The number of likely N-dealkylation sites (tertiary alicyclic amines) is 1. The largest absolute Gasteiger partial charge is 0.497 e. The number of hydrogen-bond acceptors (Lipinski definition) is 6. The van der Waals surface area contributed by atoms with Crippen LogP contribution in [0.4, 0.5) is 0 Å². The lowest BCUT2D eigenvalue weighted by atomic mass is 9.90.